The van der Waals surface area contributed by atoms with E-state index < -0.39 is 11.8 Å². The fourth-order valence-electron chi connectivity index (χ4n) is 1.71. The van der Waals surface area contributed by atoms with Crippen molar-refractivity contribution in [1.29, 1.82) is 0 Å². The lowest BCUT2D eigenvalue weighted by atomic mass is 10.1. The molecule has 0 heterocycles. The second-order valence-corrected chi connectivity index (χ2v) is 4.08. The van der Waals surface area contributed by atoms with Gasteiger partial charge in [-0.1, -0.05) is 12.1 Å². The summed E-state index contributed by atoms with van der Waals surface area (Å²) in [5, 5.41) is 0. The quantitative estimate of drug-likeness (QED) is 0.724. The Morgan fingerprint density at radius 2 is 1.45 bits per heavy atom. The van der Waals surface area contributed by atoms with Crippen LogP contribution in [-0.4, -0.2) is 11.8 Å². The first-order valence-corrected chi connectivity index (χ1v) is 5.75. The maximum atomic E-state index is 11.4. The number of carbonyl (C=O) groups excluding carboxylic acids is 2. The van der Waals surface area contributed by atoms with Crippen LogP contribution in [0.25, 0.3) is 0 Å². The van der Waals surface area contributed by atoms with Crippen LogP contribution < -0.4 is 21.9 Å². The number of anilines is 1. The summed E-state index contributed by atoms with van der Waals surface area (Å²) in [6.07, 6.45) is 0. The minimum atomic E-state index is -0.677. The molecule has 0 aliphatic carbocycles. The van der Waals surface area contributed by atoms with E-state index in [1.165, 1.54) is 18.2 Å². The normalized spacial score (nSPS) is 10.0. The molecule has 0 saturated carbocycles. The van der Waals surface area contributed by atoms with Crippen molar-refractivity contribution in [2.45, 2.75) is 0 Å². The standard InChI is InChI=1S/C14H13N3O3/c15-8-5-6-12(10(7-8)14(17)19)20-11-4-2-1-3-9(11)13(16)18/h1-7H,15H2,(H2,16,18)(H2,17,19). The molecule has 6 heteroatoms. The zero-order chi connectivity index (χ0) is 14.7. The van der Waals surface area contributed by atoms with E-state index in [0.29, 0.717) is 5.69 Å². The molecule has 0 bridgehead atoms. The number of nitrogen functional groups attached to an aromatic ring is 1. The lowest BCUT2D eigenvalue weighted by Gasteiger charge is -2.12. The third kappa shape index (κ3) is 2.69. The van der Waals surface area contributed by atoms with Crippen molar-refractivity contribution in [2.75, 3.05) is 5.73 Å². The molecule has 20 heavy (non-hydrogen) atoms. The Morgan fingerprint density at radius 3 is 2.10 bits per heavy atom. The molecule has 102 valence electrons. The summed E-state index contributed by atoms with van der Waals surface area (Å²) >= 11 is 0. The molecule has 0 aliphatic heterocycles. The lowest BCUT2D eigenvalue weighted by molar-refractivity contribution is 0.0993. The van der Waals surface area contributed by atoms with E-state index in [9.17, 15) is 9.59 Å². The van der Waals surface area contributed by atoms with E-state index in [1.54, 1.807) is 24.3 Å². The van der Waals surface area contributed by atoms with E-state index in [2.05, 4.69) is 0 Å². The van der Waals surface area contributed by atoms with Crippen molar-refractivity contribution in [3.05, 3.63) is 53.6 Å². The van der Waals surface area contributed by atoms with Crippen LogP contribution in [0.5, 0.6) is 11.5 Å². The number of carbonyl (C=O) groups is 2. The molecule has 0 fully saturated rings. The number of rotatable bonds is 4. The second kappa shape index (κ2) is 5.31. The second-order valence-electron chi connectivity index (χ2n) is 4.08. The minimum Gasteiger partial charge on any atom is -0.456 e. The van der Waals surface area contributed by atoms with E-state index in [4.69, 9.17) is 21.9 Å². The van der Waals surface area contributed by atoms with Crippen LogP contribution in [0, 0.1) is 0 Å². The number of para-hydroxylation sites is 1. The number of hydrogen-bond donors (Lipinski definition) is 3. The Morgan fingerprint density at radius 1 is 0.850 bits per heavy atom. The van der Waals surface area contributed by atoms with Crippen LogP contribution in [0.1, 0.15) is 20.7 Å². The number of amides is 2. The van der Waals surface area contributed by atoms with Crippen LogP contribution in [-0.2, 0) is 0 Å². The van der Waals surface area contributed by atoms with Crippen LogP contribution in [0.15, 0.2) is 42.5 Å². The topological polar surface area (TPSA) is 121 Å². The number of nitrogens with two attached hydrogens (primary N) is 3. The van der Waals surface area contributed by atoms with Gasteiger partial charge in [0.1, 0.15) is 11.5 Å². The minimum absolute atomic E-state index is 0.129. The van der Waals surface area contributed by atoms with Gasteiger partial charge in [-0.15, -0.1) is 0 Å². The Bertz CT molecular complexity index is 683. The average Bonchev–Trinajstić information content (AvgIpc) is 2.41. The van der Waals surface area contributed by atoms with Crippen LogP contribution in [0.4, 0.5) is 5.69 Å². The maximum Gasteiger partial charge on any atom is 0.252 e. The van der Waals surface area contributed by atoms with Gasteiger partial charge in [-0.25, -0.2) is 0 Å². The highest BCUT2D eigenvalue weighted by atomic mass is 16.5. The molecule has 0 atom stereocenters. The largest absolute Gasteiger partial charge is 0.456 e. The molecule has 0 aliphatic rings. The molecule has 6 N–H and O–H groups in total. The molecule has 2 aromatic carbocycles. The lowest BCUT2D eigenvalue weighted by Crippen LogP contribution is -2.14. The van der Waals surface area contributed by atoms with Gasteiger partial charge in [0.05, 0.1) is 11.1 Å². The molecule has 6 nitrogen and oxygen atoms in total. The maximum absolute atomic E-state index is 11.4. The van der Waals surface area contributed by atoms with E-state index in [-0.39, 0.29) is 22.6 Å². The van der Waals surface area contributed by atoms with E-state index in [1.807, 2.05) is 0 Å². The van der Waals surface area contributed by atoms with Crippen LogP contribution in [0.2, 0.25) is 0 Å². The van der Waals surface area contributed by atoms with Crippen LogP contribution in [0.3, 0.4) is 0 Å². The SMILES string of the molecule is NC(=O)c1ccccc1Oc1ccc(N)cc1C(N)=O. The fourth-order valence-corrected chi connectivity index (χ4v) is 1.71. The zero-order valence-electron chi connectivity index (χ0n) is 10.5. The molecular formula is C14H13N3O3. The molecule has 0 unspecified atom stereocenters. The van der Waals surface area contributed by atoms with Gasteiger partial charge in [-0.2, -0.15) is 0 Å². The number of ether oxygens (including phenoxy) is 1. The highest BCUT2D eigenvalue weighted by Crippen LogP contribution is 2.29. The van der Waals surface area contributed by atoms with Gasteiger partial charge in [0.25, 0.3) is 11.8 Å². The van der Waals surface area contributed by atoms with Crippen LogP contribution >= 0.6 is 0 Å². The van der Waals surface area contributed by atoms with Crippen molar-refractivity contribution in [3.63, 3.8) is 0 Å². The molecule has 0 radical (unpaired) electrons. The molecule has 2 amide bonds. The number of primary amides is 2. The van der Waals surface area contributed by atoms with Gasteiger partial charge in [0, 0.05) is 5.69 Å². The first-order valence-electron chi connectivity index (χ1n) is 5.75. The molecule has 2 aromatic rings. The molecule has 2 rings (SSSR count). The third-order valence-electron chi connectivity index (χ3n) is 2.64. The summed E-state index contributed by atoms with van der Waals surface area (Å²) < 4.78 is 5.56. The Hall–Kier alpha value is -3.02. The number of hydrogen-bond acceptors (Lipinski definition) is 4. The Balaban J connectivity index is 2.45. The fraction of sp³-hybridized carbons (Fsp3) is 0. The van der Waals surface area contributed by atoms with Crippen molar-refractivity contribution in [1.82, 2.24) is 0 Å². The van der Waals surface area contributed by atoms with Gasteiger partial charge in [0.2, 0.25) is 0 Å². The van der Waals surface area contributed by atoms with Gasteiger partial charge in [-0.05, 0) is 30.3 Å². The average molecular weight is 271 g/mol. The Kier molecular flexibility index (Phi) is 3.56. The predicted molar refractivity (Wildman–Crippen MR) is 74.4 cm³/mol. The van der Waals surface area contributed by atoms with Crippen molar-refractivity contribution < 1.29 is 14.3 Å². The Labute approximate surface area is 115 Å². The highest BCUT2D eigenvalue weighted by Gasteiger charge is 2.14. The zero-order valence-corrected chi connectivity index (χ0v) is 10.5. The van der Waals surface area contributed by atoms with Crippen molar-refractivity contribution in [2.24, 2.45) is 11.5 Å². The summed E-state index contributed by atoms with van der Waals surface area (Å²) in [4.78, 5) is 22.7. The highest BCUT2D eigenvalue weighted by molar-refractivity contribution is 5.97. The first kappa shape index (κ1) is 13.4. The summed E-state index contributed by atoms with van der Waals surface area (Å²) in [6, 6.07) is 10.9. The van der Waals surface area contributed by atoms with Gasteiger partial charge in [-0.3, -0.25) is 9.59 Å². The number of benzene rings is 2. The van der Waals surface area contributed by atoms with Gasteiger partial charge >= 0.3 is 0 Å². The summed E-state index contributed by atoms with van der Waals surface area (Å²) in [5.74, 6) is -0.854. The van der Waals surface area contributed by atoms with Gasteiger partial charge in [0.15, 0.2) is 0 Å². The summed E-state index contributed by atoms with van der Waals surface area (Å²) in [6.45, 7) is 0. The summed E-state index contributed by atoms with van der Waals surface area (Å²) in [7, 11) is 0. The molecule has 0 saturated heterocycles. The van der Waals surface area contributed by atoms with Crippen molar-refractivity contribution in [3.8, 4) is 11.5 Å². The van der Waals surface area contributed by atoms with E-state index >= 15 is 0 Å². The summed E-state index contributed by atoms with van der Waals surface area (Å²) in [5.41, 5.74) is 16.8. The van der Waals surface area contributed by atoms with Crippen molar-refractivity contribution >= 4 is 17.5 Å². The molecule has 0 spiro atoms. The van der Waals surface area contributed by atoms with Gasteiger partial charge < -0.3 is 21.9 Å². The van der Waals surface area contributed by atoms with E-state index in [0.717, 1.165) is 0 Å². The smallest absolute Gasteiger partial charge is 0.252 e. The first-order chi connectivity index (χ1) is 9.49. The molecule has 0 aromatic heterocycles. The predicted octanol–water partition coefficient (Wildman–Crippen LogP) is 1.26. The molecular weight excluding hydrogens is 258 g/mol. The monoisotopic (exact) mass is 271 g/mol. The third-order valence-corrected chi connectivity index (χ3v) is 2.64.